The Balaban J connectivity index is 1.33. The van der Waals surface area contributed by atoms with Crippen molar-refractivity contribution in [2.24, 2.45) is 5.41 Å². The number of carbonyl (C=O) groups excluding carboxylic acids is 2. The van der Waals surface area contributed by atoms with E-state index in [1.807, 2.05) is 28.0 Å². The van der Waals surface area contributed by atoms with Crippen LogP contribution in [0.5, 0.6) is 0 Å². The second kappa shape index (κ2) is 6.83. The summed E-state index contributed by atoms with van der Waals surface area (Å²) in [5.74, 6) is -0.0173. The molecule has 7 nitrogen and oxygen atoms in total. The van der Waals surface area contributed by atoms with Crippen LogP contribution in [0.2, 0.25) is 0 Å². The quantitative estimate of drug-likeness (QED) is 0.763. The molecule has 1 spiro atoms. The van der Waals surface area contributed by atoms with Crippen molar-refractivity contribution in [2.45, 2.75) is 45.3 Å². The summed E-state index contributed by atoms with van der Waals surface area (Å²) in [6.45, 7) is 3.79. The van der Waals surface area contributed by atoms with Crippen LogP contribution in [0.15, 0.2) is 24.1 Å². The fraction of sp³-hybridized carbons (Fsp3) is 0.556. The third-order valence-corrected chi connectivity index (χ3v) is 6.19. The van der Waals surface area contributed by atoms with Crippen LogP contribution in [-0.4, -0.2) is 50.5 Å². The van der Waals surface area contributed by atoms with Gasteiger partial charge in [0.25, 0.3) is 0 Å². The van der Waals surface area contributed by atoms with Crippen molar-refractivity contribution in [2.75, 3.05) is 13.1 Å². The van der Waals surface area contributed by atoms with Crippen LogP contribution in [-0.2, 0) is 27.3 Å². The maximum absolute atomic E-state index is 12.5. The van der Waals surface area contributed by atoms with Crippen LogP contribution in [0.1, 0.15) is 30.0 Å². The van der Waals surface area contributed by atoms with E-state index in [-0.39, 0.29) is 18.0 Å². The molecule has 1 atom stereocenters. The van der Waals surface area contributed by atoms with Gasteiger partial charge in [-0.2, -0.15) is 0 Å². The number of thiazole rings is 1. The summed E-state index contributed by atoms with van der Waals surface area (Å²) in [5, 5.41) is 2.91. The van der Waals surface area contributed by atoms with E-state index in [1.54, 1.807) is 23.9 Å². The highest BCUT2D eigenvalue weighted by atomic mass is 32.1. The Labute approximate surface area is 156 Å². The molecule has 4 heterocycles. The fourth-order valence-electron chi connectivity index (χ4n) is 3.92. The highest BCUT2D eigenvalue weighted by molar-refractivity contribution is 7.09. The zero-order valence-corrected chi connectivity index (χ0v) is 15.6. The van der Waals surface area contributed by atoms with E-state index in [0.717, 1.165) is 17.1 Å². The molecule has 0 saturated carbocycles. The van der Waals surface area contributed by atoms with Gasteiger partial charge in [-0.3, -0.25) is 9.59 Å². The van der Waals surface area contributed by atoms with Gasteiger partial charge in [-0.25, -0.2) is 9.97 Å². The fourth-order valence-corrected chi connectivity index (χ4v) is 4.53. The van der Waals surface area contributed by atoms with Gasteiger partial charge in [0.05, 0.1) is 35.4 Å². The molecule has 26 heavy (non-hydrogen) atoms. The topological polar surface area (TPSA) is 77.3 Å². The van der Waals surface area contributed by atoms with Crippen molar-refractivity contribution >= 4 is 23.2 Å². The van der Waals surface area contributed by atoms with Crippen molar-refractivity contribution < 1.29 is 14.3 Å². The Morgan fingerprint density at radius 2 is 2.23 bits per heavy atom. The van der Waals surface area contributed by atoms with Crippen LogP contribution < -0.4 is 0 Å². The van der Waals surface area contributed by atoms with Crippen LogP contribution in [0.3, 0.4) is 0 Å². The van der Waals surface area contributed by atoms with Gasteiger partial charge in [0, 0.05) is 37.3 Å². The first-order valence-corrected chi connectivity index (χ1v) is 9.78. The van der Waals surface area contributed by atoms with E-state index in [1.165, 1.54) is 0 Å². The van der Waals surface area contributed by atoms with Gasteiger partial charge in [0.1, 0.15) is 6.10 Å². The Morgan fingerprint density at radius 1 is 1.42 bits per heavy atom. The molecule has 8 heteroatoms. The first-order valence-electron chi connectivity index (χ1n) is 8.90. The first-order chi connectivity index (χ1) is 12.5. The number of piperidine rings is 1. The lowest BCUT2D eigenvalue weighted by atomic mass is 9.76. The zero-order valence-electron chi connectivity index (χ0n) is 14.8. The number of carbonyl (C=O) groups is 2. The Kier molecular flexibility index (Phi) is 4.52. The van der Waals surface area contributed by atoms with Crippen LogP contribution in [0.25, 0.3) is 0 Å². The van der Waals surface area contributed by atoms with Gasteiger partial charge in [-0.1, -0.05) is 0 Å². The van der Waals surface area contributed by atoms with E-state index >= 15 is 0 Å². The van der Waals surface area contributed by atoms with Crippen molar-refractivity contribution in [3.05, 3.63) is 34.8 Å². The van der Waals surface area contributed by atoms with Gasteiger partial charge < -0.3 is 14.2 Å². The molecule has 0 N–H and O–H groups in total. The second-order valence-corrected chi connectivity index (χ2v) is 8.25. The number of amides is 1. The largest absolute Gasteiger partial charge is 0.460 e. The monoisotopic (exact) mass is 374 g/mol. The lowest BCUT2D eigenvalue weighted by Gasteiger charge is -2.36. The van der Waals surface area contributed by atoms with E-state index in [2.05, 4.69) is 9.97 Å². The Bertz CT molecular complexity index is 793. The first kappa shape index (κ1) is 17.2. The highest BCUT2D eigenvalue weighted by Crippen LogP contribution is 2.43. The standard InChI is InChI=1S/C18H22N4O3S/c1-13-20-14(11-26-13)8-16(23)22-5-2-18(3-6-22)9-15(25-17(18)24)10-21-7-4-19-12-21/h4,7,11-12,15H,2-3,5-6,8-10H2,1H3. The molecule has 2 aromatic heterocycles. The molecule has 0 aliphatic carbocycles. The predicted octanol–water partition coefficient (Wildman–Crippen LogP) is 1.82. The van der Waals surface area contributed by atoms with Crippen LogP contribution in [0, 0.1) is 12.3 Å². The van der Waals surface area contributed by atoms with E-state index in [4.69, 9.17) is 4.74 Å². The van der Waals surface area contributed by atoms with Gasteiger partial charge in [0.2, 0.25) is 5.91 Å². The molecule has 0 aromatic carbocycles. The molecular formula is C18H22N4O3S. The van der Waals surface area contributed by atoms with Crippen molar-refractivity contribution in [1.29, 1.82) is 0 Å². The van der Waals surface area contributed by atoms with Crippen molar-refractivity contribution in [3.8, 4) is 0 Å². The van der Waals surface area contributed by atoms with Crippen LogP contribution >= 0.6 is 11.3 Å². The molecular weight excluding hydrogens is 352 g/mol. The number of aryl methyl sites for hydroxylation is 1. The SMILES string of the molecule is Cc1nc(CC(=O)N2CCC3(CC2)CC(Cn2ccnc2)OC3=O)cs1. The van der Waals surface area contributed by atoms with Gasteiger partial charge in [-0.05, 0) is 19.8 Å². The predicted molar refractivity (Wildman–Crippen MR) is 95.5 cm³/mol. The average molecular weight is 374 g/mol. The molecule has 1 unspecified atom stereocenters. The smallest absolute Gasteiger partial charge is 0.312 e. The summed E-state index contributed by atoms with van der Waals surface area (Å²) in [7, 11) is 0. The van der Waals surface area contributed by atoms with Gasteiger partial charge in [0.15, 0.2) is 0 Å². The Hall–Kier alpha value is -2.22. The number of hydrogen-bond acceptors (Lipinski definition) is 6. The zero-order chi connectivity index (χ0) is 18.1. The second-order valence-electron chi connectivity index (χ2n) is 7.19. The minimum absolute atomic E-state index is 0.0893. The third kappa shape index (κ3) is 3.38. The summed E-state index contributed by atoms with van der Waals surface area (Å²) in [4.78, 5) is 35.3. The van der Waals surface area contributed by atoms with Gasteiger partial charge in [-0.15, -0.1) is 11.3 Å². The maximum atomic E-state index is 12.5. The molecule has 1 amide bonds. The van der Waals surface area contributed by atoms with Crippen LogP contribution in [0.4, 0.5) is 0 Å². The lowest BCUT2D eigenvalue weighted by molar-refractivity contribution is -0.152. The molecule has 0 radical (unpaired) electrons. The Morgan fingerprint density at radius 3 is 2.88 bits per heavy atom. The number of likely N-dealkylation sites (tertiary alicyclic amines) is 1. The molecule has 2 fully saturated rings. The average Bonchev–Trinajstić information content (AvgIpc) is 3.32. The summed E-state index contributed by atoms with van der Waals surface area (Å²) >= 11 is 1.56. The summed E-state index contributed by atoms with van der Waals surface area (Å²) in [6.07, 6.45) is 7.63. The van der Waals surface area contributed by atoms with E-state index < -0.39 is 5.41 Å². The van der Waals surface area contributed by atoms with E-state index in [0.29, 0.717) is 38.9 Å². The minimum Gasteiger partial charge on any atom is -0.460 e. The van der Waals surface area contributed by atoms with Gasteiger partial charge >= 0.3 is 5.97 Å². The minimum atomic E-state index is -0.431. The number of rotatable bonds is 4. The number of imidazole rings is 1. The highest BCUT2D eigenvalue weighted by Gasteiger charge is 2.50. The van der Waals surface area contributed by atoms with Crippen molar-refractivity contribution in [1.82, 2.24) is 19.4 Å². The molecule has 4 rings (SSSR count). The third-order valence-electron chi connectivity index (χ3n) is 5.37. The normalized spacial score (nSPS) is 22.0. The molecule has 2 aromatic rings. The van der Waals surface area contributed by atoms with Crippen molar-refractivity contribution in [3.63, 3.8) is 0 Å². The number of ether oxygens (including phenoxy) is 1. The number of esters is 1. The van der Waals surface area contributed by atoms with E-state index in [9.17, 15) is 9.59 Å². The molecule has 0 bridgehead atoms. The molecule has 2 aliphatic heterocycles. The number of aromatic nitrogens is 3. The molecule has 138 valence electrons. The summed E-state index contributed by atoms with van der Waals surface area (Å²) < 4.78 is 7.56. The number of hydrogen-bond donors (Lipinski definition) is 0. The molecule has 2 aliphatic rings. The number of cyclic esters (lactones) is 1. The maximum Gasteiger partial charge on any atom is 0.312 e. The summed E-state index contributed by atoms with van der Waals surface area (Å²) in [6, 6.07) is 0. The summed E-state index contributed by atoms with van der Waals surface area (Å²) in [5.41, 5.74) is 0.401. The number of nitrogens with zero attached hydrogens (tertiary/aromatic N) is 4. The lowest BCUT2D eigenvalue weighted by Crippen LogP contribution is -2.45. The molecule has 2 saturated heterocycles.